The topological polar surface area (TPSA) is 30.2 Å². The third-order valence-electron chi connectivity index (χ3n) is 2.89. The van der Waals surface area contributed by atoms with Crippen LogP contribution in [0, 0.1) is 6.92 Å². The van der Waals surface area contributed by atoms with Crippen molar-refractivity contribution in [2.24, 2.45) is 0 Å². The van der Waals surface area contributed by atoms with Crippen molar-refractivity contribution in [2.45, 2.75) is 20.3 Å². The van der Waals surface area contributed by atoms with Gasteiger partial charge in [-0.15, -0.1) is 0 Å². The molecular weight excluding hydrogens is 310 g/mol. The Morgan fingerprint density at radius 3 is 2.61 bits per heavy atom. The van der Waals surface area contributed by atoms with Crippen LogP contribution in [-0.2, 0) is 6.42 Å². The molecule has 0 aliphatic rings. The fraction of sp³-hybridized carbons (Fsp3) is 0.231. The average Bonchev–Trinajstić information content (AvgIpc) is 2.90. The molecule has 5 heteroatoms. The van der Waals surface area contributed by atoms with Crippen LogP contribution in [0.1, 0.15) is 17.6 Å². The largest absolute Gasteiger partial charge is 0.217 e. The number of rotatable bonds is 2. The van der Waals surface area contributed by atoms with Crippen molar-refractivity contribution in [2.75, 3.05) is 0 Å². The molecule has 0 saturated heterocycles. The second kappa shape index (κ2) is 4.48. The lowest BCUT2D eigenvalue weighted by molar-refractivity contribution is 0.882. The molecule has 0 radical (unpaired) electrons. The van der Waals surface area contributed by atoms with Crippen LogP contribution < -0.4 is 0 Å². The van der Waals surface area contributed by atoms with Gasteiger partial charge in [0.25, 0.3) is 0 Å². The first-order chi connectivity index (χ1) is 8.69. The van der Waals surface area contributed by atoms with E-state index in [0.717, 1.165) is 37.8 Å². The van der Waals surface area contributed by atoms with Crippen LogP contribution >= 0.6 is 27.3 Å². The monoisotopic (exact) mass is 321 g/mol. The lowest BCUT2D eigenvalue weighted by Crippen LogP contribution is -1.90. The summed E-state index contributed by atoms with van der Waals surface area (Å²) in [6.45, 7) is 4.18. The molecule has 18 heavy (non-hydrogen) atoms. The molecule has 0 bridgehead atoms. The molecule has 0 atom stereocenters. The van der Waals surface area contributed by atoms with Gasteiger partial charge in [0.1, 0.15) is 5.01 Å². The van der Waals surface area contributed by atoms with Crippen molar-refractivity contribution in [1.29, 1.82) is 0 Å². The van der Waals surface area contributed by atoms with Gasteiger partial charge in [0.2, 0.25) is 4.96 Å². The maximum atomic E-state index is 4.68. The Hall–Kier alpha value is -1.20. The van der Waals surface area contributed by atoms with Gasteiger partial charge in [-0.2, -0.15) is 5.10 Å². The molecule has 2 heterocycles. The molecule has 0 N–H and O–H groups in total. The van der Waals surface area contributed by atoms with Crippen molar-refractivity contribution in [1.82, 2.24) is 14.6 Å². The standard InChI is InChI=1S/C13H12BrN3S/c1-3-11-16-17-8(2)12(15-13(17)18-11)9-4-6-10(14)7-5-9/h4-7H,3H2,1-2H3. The van der Waals surface area contributed by atoms with E-state index in [9.17, 15) is 0 Å². The lowest BCUT2D eigenvalue weighted by atomic mass is 10.1. The molecule has 0 spiro atoms. The van der Waals surface area contributed by atoms with Gasteiger partial charge in [0.05, 0.1) is 11.4 Å². The van der Waals surface area contributed by atoms with E-state index in [1.165, 1.54) is 0 Å². The van der Waals surface area contributed by atoms with Crippen molar-refractivity contribution in [3.63, 3.8) is 0 Å². The summed E-state index contributed by atoms with van der Waals surface area (Å²) in [5.41, 5.74) is 3.25. The summed E-state index contributed by atoms with van der Waals surface area (Å²) in [6.07, 6.45) is 0.959. The van der Waals surface area contributed by atoms with Gasteiger partial charge in [-0.1, -0.05) is 46.3 Å². The zero-order valence-electron chi connectivity index (χ0n) is 10.1. The highest BCUT2D eigenvalue weighted by molar-refractivity contribution is 9.10. The van der Waals surface area contributed by atoms with E-state index < -0.39 is 0 Å². The van der Waals surface area contributed by atoms with Gasteiger partial charge in [0.15, 0.2) is 0 Å². The number of benzene rings is 1. The molecular formula is C13H12BrN3S. The molecule has 1 aromatic carbocycles. The van der Waals surface area contributed by atoms with E-state index in [1.807, 2.05) is 16.6 Å². The Kier molecular flexibility index (Phi) is 2.95. The smallest absolute Gasteiger partial charge is 0.212 e. The normalized spacial score (nSPS) is 11.3. The second-order valence-electron chi connectivity index (χ2n) is 4.10. The molecule has 2 aromatic heterocycles. The number of fused-ring (bicyclic) bond motifs is 1. The maximum absolute atomic E-state index is 4.68. The van der Waals surface area contributed by atoms with E-state index in [1.54, 1.807) is 11.3 Å². The van der Waals surface area contributed by atoms with Crippen LogP contribution in [0.2, 0.25) is 0 Å². The van der Waals surface area contributed by atoms with Gasteiger partial charge in [-0.3, -0.25) is 0 Å². The van der Waals surface area contributed by atoms with Crippen molar-refractivity contribution >= 4 is 32.2 Å². The fourth-order valence-corrected chi connectivity index (χ4v) is 3.06. The summed E-state index contributed by atoms with van der Waals surface area (Å²) in [5.74, 6) is 0. The summed E-state index contributed by atoms with van der Waals surface area (Å²) in [6, 6.07) is 8.22. The number of hydrogen-bond acceptors (Lipinski definition) is 3. The predicted molar refractivity (Wildman–Crippen MR) is 78.1 cm³/mol. The van der Waals surface area contributed by atoms with Crippen LogP contribution in [-0.4, -0.2) is 14.6 Å². The molecule has 0 amide bonds. The Bertz CT molecular complexity index is 697. The number of halogens is 1. The molecule has 3 rings (SSSR count). The third kappa shape index (κ3) is 1.87. The zero-order chi connectivity index (χ0) is 12.7. The summed E-state index contributed by atoms with van der Waals surface area (Å²) in [4.78, 5) is 5.66. The molecule has 0 unspecified atom stereocenters. The lowest BCUT2D eigenvalue weighted by Gasteiger charge is -1.99. The van der Waals surface area contributed by atoms with Crippen LogP contribution in [0.25, 0.3) is 16.2 Å². The molecule has 0 saturated carbocycles. The molecule has 3 aromatic rings. The van der Waals surface area contributed by atoms with E-state index in [2.05, 4.69) is 52.0 Å². The Labute approximate surface area is 118 Å². The zero-order valence-corrected chi connectivity index (χ0v) is 12.5. The van der Waals surface area contributed by atoms with Gasteiger partial charge in [-0.05, 0) is 25.5 Å². The summed E-state index contributed by atoms with van der Waals surface area (Å²) in [5, 5.41) is 5.69. The van der Waals surface area contributed by atoms with E-state index in [0.29, 0.717) is 0 Å². The van der Waals surface area contributed by atoms with Gasteiger partial charge < -0.3 is 0 Å². The van der Waals surface area contributed by atoms with E-state index >= 15 is 0 Å². The van der Waals surface area contributed by atoms with Crippen molar-refractivity contribution < 1.29 is 0 Å². The quantitative estimate of drug-likeness (QED) is 0.711. The number of aromatic nitrogens is 3. The number of aryl methyl sites for hydroxylation is 2. The highest BCUT2D eigenvalue weighted by Crippen LogP contribution is 2.27. The van der Waals surface area contributed by atoms with Crippen LogP contribution in [0.15, 0.2) is 28.7 Å². The summed E-state index contributed by atoms with van der Waals surface area (Å²) in [7, 11) is 0. The van der Waals surface area contributed by atoms with E-state index in [-0.39, 0.29) is 0 Å². The van der Waals surface area contributed by atoms with Gasteiger partial charge >= 0.3 is 0 Å². The SMILES string of the molecule is CCc1nn2c(C)c(-c3ccc(Br)cc3)nc2s1. The average molecular weight is 322 g/mol. The van der Waals surface area contributed by atoms with E-state index in [4.69, 9.17) is 0 Å². The molecule has 0 aliphatic heterocycles. The Morgan fingerprint density at radius 1 is 1.28 bits per heavy atom. The second-order valence-corrected chi connectivity index (χ2v) is 6.05. The Balaban J connectivity index is 2.15. The third-order valence-corrected chi connectivity index (χ3v) is 4.47. The first-order valence-electron chi connectivity index (χ1n) is 5.80. The minimum Gasteiger partial charge on any atom is -0.217 e. The number of imidazole rings is 1. The van der Waals surface area contributed by atoms with Crippen LogP contribution in [0.3, 0.4) is 0 Å². The minimum atomic E-state index is 0.959. The van der Waals surface area contributed by atoms with Gasteiger partial charge in [0, 0.05) is 10.0 Å². The molecule has 92 valence electrons. The summed E-state index contributed by atoms with van der Waals surface area (Å²) < 4.78 is 3.03. The van der Waals surface area contributed by atoms with Crippen LogP contribution in [0.5, 0.6) is 0 Å². The Morgan fingerprint density at radius 2 is 2.00 bits per heavy atom. The maximum Gasteiger partial charge on any atom is 0.212 e. The highest BCUT2D eigenvalue weighted by Gasteiger charge is 2.13. The van der Waals surface area contributed by atoms with Gasteiger partial charge in [-0.25, -0.2) is 9.50 Å². The first-order valence-corrected chi connectivity index (χ1v) is 7.41. The molecule has 3 nitrogen and oxygen atoms in total. The molecule has 0 aliphatic carbocycles. The summed E-state index contributed by atoms with van der Waals surface area (Å²) >= 11 is 5.11. The van der Waals surface area contributed by atoms with Crippen LogP contribution in [0.4, 0.5) is 0 Å². The first kappa shape index (κ1) is 11.9. The van der Waals surface area contributed by atoms with Crippen molar-refractivity contribution in [3.05, 3.63) is 39.4 Å². The highest BCUT2D eigenvalue weighted by atomic mass is 79.9. The predicted octanol–water partition coefficient (Wildman–Crippen LogP) is 4.09. The molecule has 0 fully saturated rings. The number of hydrogen-bond donors (Lipinski definition) is 0. The minimum absolute atomic E-state index is 0.959. The fourth-order valence-electron chi connectivity index (χ4n) is 1.91. The van der Waals surface area contributed by atoms with Crippen molar-refractivity contribution in [3.8, 4) is 11.3 Å². The number of nitrogens with zero attached hydrogens (tertiary/aromatic N) is 3.